The molecular formula is C15H20N4O2. The largest absolute Gasteiger partial charge is 0.383 e. The van der Waals surface area contributed by atoms with Gasteiger partial charge in [-0.05, 0) is 17.7 Å². The molecule has 0 fully saturated rings. The molecule has 0 aliphatic rings. The minimum Gasteiger partial charge on any atom is -0.383 e. The van der Waals surface area contributed by atoms with Gasteiger partial charge in [0.05, 0.1) is 19.5 Å². The molecule has 0 aliphatic carbocycles. The third kappa shape index (κ3) is 5.37. The van der Waals surface area contributed by atoms with Crippen LogP contribution in [0.4, 0.5) is 5.69 Å². The highest BCUT2D eigenvalue weighted by atomic mass is 16.5. The number of hydrogen-bond donors (Lipinski definition) is 2. The third-order valence-corrected chi connectivity index (χ3v) is 2.90. The lowest BCUT2D eigenvalue weighted by molar-refractivity contribution is -0.115. The van der Waals surface area contributed by atoms with Crippen molar-refractivity contribution in [3.63, 3.8) is 0 Å². The zero-order chi connectivity index (χ0) is 14.9. The SMILES string of the molecule is COCCNCC(=O)Nc1cccc(Cn2ccnc2)c1. The van der Waals surface area contributed by atoms with Gasteiger partial charge in [0.2, 0.25) is 5.91 Å². The number of ether oxygens (including phenoxy) is 1. The van der Waals surface area contributed by atoms with E-state index in [0.717, 1.165) is 17.8 Å². The van der Waals surface area contributed by atoms with Crippen LogP contribution in [0.25, 0.3) is 0 Å². The van der Waals surface area contributed by atoms with Crippen LogP contribution in [0.3, 0.4) is 0 Å². The van der Waals surface area contributed by atoms with Crippen molar-refractivity contribution in [1.29, 1.82) is 0 Å². The number of amides is 1. The molecule has 2 N–H and O–H groups in total. The van der Waals surface area contributed by atoms with Crippen molar-refractivity contribution in [3.8, 4) is 0 Å². The first kappa shape index (κ1) is 15.2. The Morgan fingerprint density at radius 3 is 3.10 bits per heavy atom. The van der Waals surface area contributed by atoms with Crippen LogP contribution in [0.2, 0.25) is 0 Å². The molecule has 112 valence electrons. The zero-order valence-electron chi connectivity index (χ0n) is 12.1. The Kier molecular flexibility index (Phi) is 5.93. The number of carbonyl (C=O) groups excluding carboxylic acids is 1. The number of carbonyl (C=O) groups is 1. The number of nitrogens with zero attached hydrogens (tertiary/aromatic N) is 2. The van der Waals surface area contributed by atoms with E-state index in [2.05, 4.69) is 15.6 Å². The fourth-order valence-corrected chi connectivity index (χ4v) is 1.92. The second-order valence-electron chi connectivity index (χ2n) is 4.65. The molecule has 0 atom stereocenters. The first-order valence-electron chi connectivity index (χ1n) is 6.82. The second-order valence-corrected chi connectivity index (χ2v) is 4.65. The highest BCUT2D eigenvalue weighted by Crippen LogP contribution is 2.11. The van der Waals surface area contributed by atoms with E-state index in [1.807, 2.05) is 35.0 Å². The molecule has 1 amide bonds. The molecule has 0 aliphatic heterocycles. The molecule has 0 radical (unpaired) electrons. The van der Waals surface area contributed by atoms with Crippen molar-refractivity contribution in [3.05, 3.63) is 48.5 Å². The maximum absolute atomic E-state index is 11.8. The van der Waals surface area contributed by atoms with Gasteiger partial charge in [0.25, 0.3) is 0 Å². The Labute approximate surface area is 124 Å². The van der Waals surface area contributed by atoms with Gasteiger partial charge in [0.1, 0.15) is 0 Å². The smallest absolute Gasteiger partial charge is 0.238 e. The maximum Gasteiger partial charge on any atom is 0.238 e. The van der Waals surface area contributed by atoms with E-state index in [9.17, 15) is 4.79 Å². The van der Waals surface area contributed by atoms with Crippen LogP contribution >= 0.6 is 0 Å². The van der Waals surface area contributed by atoms with Gasteiger partial charge in [0, 0.05) is 38.3 Å². The number of methoxy groups -OCH3 is 1. The molecule has 6 nitrogen and oxygen atoms in total. The Bertz CT molecular complexity index is 555. The van der Waals surface area contributed by atoms with Crippen molar-refractivity contribution in [2.75, 3.05) is 32.1 Å². The van der Waals surface area contributed by atoms with E-state index in [0.29, 0.717) is 13.2 Å². The van der Waals surface area contributed by atoms with Crippen LogP contribution in [0.5, 0.6) is 0 Å². The lowest BCUT2D eigenvalue weighted by Gasteiger charge is -2.08. The Hall–Kier alpha value is -2.18. The molecule has 6 heteroatoms. The molecule has 0 spiro atoms. The quantitative estimate of drug-likeness (QED) is 0.714. The van der Waals surface area contributed by atoms with Crippen LogP contribution in [-0.2, 0) is 16.1 Å². The Morgan fingerprint density at radius 1 is 1.43 bits per heavy atom. The van der Waals surface area contributed by atoms with E-state index in [1.54, 1.807) is 19.6 Å². The van der Waals surface area contributed by atoms with E-state index < -0.39 is 0 Å². The summed E-state index contributed by atoms with van der Waals surface area (Å²) in [5.41, 5.74) is 1.91. The summed E-state index contributed by atoms with van der Waals surface area (Å²) in [6, 6.07) is 7.80. The third-order valence-electron chi connectivity index (χ3n) is 2.90. The number of nitrogens with one attached hydrogen (secondary N) is 2. The van der Waals surface area contributed by atoms with Crippen LogP contribution in [0, 0.1) is 0 Å². The topological polar surface area (TPSA) is 68.2 Å². The molecule has 0 unspecified atom stereocenters. The molecular weight excluding hydrogens is 268 g/mol. The molecule has 1 heterocycles. The van der Waals surface area contributed by atoms with Gasteiger partial charge in [-0.1, -0.05) is 12.1 Å². The van der Waals surface area contributed by atoms with Crippen molar-refractivity contribution >= 4 is 11.6 Å². The van der Waals surface area contributed by atoms with Gasteiger partial charge in [0.15, 0.2) is 0 Å². The molecule has 2 rings (SSSR count). The van der Waals surface area contributed by atoms with E-state index in [-0.39, 0.29) is 12.5 Å². The number of benzene rings is 1. The van der Waals surface area contributed by atoms with Crippen LogP contribution in [0.1, 0.15) is 5.56 Å². The standard InChI is InChI=1S/C15H20N4O2/c1-21-8-6-16-10-15(20)18-14-4-2-3-13(9-14)11-19-7-5-17-12-19/h2-5,7,9,12,16H,6,8,10-11H2,1H3,(H,18,20). The normalized spacial score (nSPS) is 10.5. The van der Waals surface area contributed by atoms with E-state index in [1.165, 1.54) is 0 Å². The van der Waals surface area contributed by atoms with Crippen LogP contribution < -0.4 is 10.6 Å². The van der Waals surface area contributed by atoms with E-state index >= 15 is 0 Å². The molecule has 0 saturated carbocycles. The maximum atomic E-state index is 11.8. The average molecular weight is 288 g/mol. The van der Waals surface area contributed by atoms with Gasteiger partial charge >= 0.3 is 0 Å². The van der Waals surface area contributed by atoms with Crippen LogP contribution in [0.15, 0.2) is 43.0 Å². The average Bonchev–Trinajstić information content (AvgIpc) is 2.97. The minimum absolute atomic E-state index is 0.0640. The van der Waals surface area contributed by atoms with Gasteiger partial charge < -0.3 is 19.9 Å². The molecule has 1 aromatic carbocycles. The monoisotopic (exact) mass is 288 g/mol. The number of imidazole rings is 1. The van der Waals surface area contributed by atoms with Crippen molar-refractivity contribution in [2.45, 2.75) is 6.54 Å². The van der Waals surface area contributed by atoms with Gasteiger partial charge in [-0.3, -0.25) is 4.79 Å². The Morgan fingerprint density at radius 2 is 2.33 bits per heavy atom. The number of hydrogen-bond acceptors (Lipinski definition) is 4. The van der Waals surface area contributed by atoms with Gasteiger partial charge in [-0.2, -0.15) is 0 Å². The first-order valence-corrected chi connectivity index (χ1v) is 6.82. The van der Waals surface area contributed by atoms with Crippen molar-refractivity contribution in [1.82, 2.24) is 14.9 Å². The van der Waals surface area contributed by atoms with Crippen LogP contribution in [-0.4, -0.2) is 42.3 Å². The summed E-state index contributed by atoms with van der Waals surface area (Å²) in [6.45, 7) is 2.25. The Balaban J connectivity index is 1.84. The predicted octanol–water partition coefficient (Wildman–Crippen LogP) is 1.11. The van der Waals surface area contributed by atoms with Crippen molar-refractivity contribution < 1.29 is 9.53 Å². The van der Waals surface area contributed by atoms with E-state index in [4.69, 9.17) is 4.74 Å². The summed E-state index contributed by atoms with van der Waals surface area (Å²) in [5, 5.41) is 5.88. The lowest BCUT2D eigenvalue weighted by atomic mass is 10.2. The van der Waals surface area contributed by atoms with Gasteiger partial charge in [-0.25, -0.2) is 4.98 Å². The number of rotatable bonds is 8. The fraction of sp³-hybridized carbons (Fsp3) is 0.333. The summed E-state index contributed by atoms with van der Waals surface area (Å²) < 4.78 is 6.89. The second kappa shape index (κ2) is 8.18. The number of aromatic nitrogens is 2. The summed E-state index contributed by atoms with van der Waals surface area (Å²) in [6.07, 6.45) is 5.42. The minimum atomic E-state index is -0.0640. The summed E-state index contributed by atoms with van der Waals surface area (Å²) in [5.74, 6) is -0.0640. The molecule has 0 bridgehead atoms. The summed E-state index contributed by atoms with van der Waals surface area (Å²) in [4.78, 5) is 15.8. The molecule has 0 saturated heterocycles. The highest BCUT2D eigenvalue weighted by Gasteiger charge is 2.03. The van der Waals surface area contributed by atoms with Gasteiger partial charge in [-0.15, -0.1) is 0 Å². The summed E-state index contributed by atoms with van der Waals surface area (Å²) >= 11 is 0. The highest BCUT2D eigenvalue weighted by molar-refractivity contribution is 5.92. The number of anilines is 1. The zero-order valence-corrected chi connectivity index (χ0v) is 12.1. The predicted molar refractivity (Wildman–Crippen MR) is 81.1 cm³/mol. The molecule has 1 aromatic heterocycles. The first-order chi connectivity index (χ1) is 10.3. The molecule has 21 heavy (non-hydrogen) atoms. The summed E-state index contributed by atoms with van der Waals surface area (Å²) in [7, 11) is 1.63. The fourth-order valence-electron chi connectivity index (χ4n) is 1.92. The molecule has 2 aromatic rings. The van der Waals surface area contributed by atoms with Crippen molar-refractivity contribution in [2.24, 2.45) is 0 Å². The lowest BCUT2D eigenvalue weighted by Crippen LogP contribution is -2.30.